The molecule has 4 nitrogen and oxygen atoms in total. The van der Waals surface area contributed by atoms with Gasteiger partial charge in [-0.2, -0.15) is 0 Å². The molecule has 1 rings (SSSR count). The molecular formula is C16H35N3O. The highest BCUT2D eigenvalue weighted by molar-refractivity contribution is 4.77. The highest BCUT2D eigenvalue weighted by Gasteiger charge is 2.25. The molecule has 0 amide bonds. The third-order valence-corrected chi connectivity index (χ3v) is 4.38. The molecule has 0 aliphatic carbocycles. The fraction of sp³-hybridized carbons (Fsp3) is 1.00. The van der Waals surface area contributed by atoms with Crippen LogP contribution in [0.5, 0.6) is 0 Å². The number of rotatable bonds is 11. The molecule has 0 aromatic carbocycles. The zero-order valence-electron chi connectivity index (χ0n) is 14.0. The molecule has 1 fully saturated rings. The first-order valence-electron chi connectivity index (χ1n) is 8.48. The van der Waals surface area contributed by atoms with Crippen LogP contribution in [-0.4, -0.2) is 74.9 Å². The van der Waals surface area contributed by atoms with Crippen LogP contribution in [0.15, 0.2) is 0 Å². The monoisotopic (exact) mass is 285 g/mol. The molecule has 2 atom stereocenters. The van der Waals surface area contributed by atoms with E-state index in [9.17, 15) is 0 Å². The summed E-state index contributed by atoms with van der Waals surface area (Å²) in [6.07, 6.45) is 4.57. The van der Waals surface area contributed by atoms with Crippen molar-refractivity contribution in [3.8, 4) is 0 Å². The van der Waals surface area contributed by atoms with Gasteiger partial charge in [-0.1, -0.05) is 20.8 Å². The minimum absolute atomic E-state index is 0.430. The summed E-state index contributed by atoms with van der Waals surface area (Å²) in [5.74, 6) is 0. The second-order valence-corrected chi connectivity index (χ2v) is 5.79. The Morgan fingerprint density at radius 2 is 1.55 bits per heavy atom. The van der Waals surface area contributed by atoms with Gasteiger partial charge in [0.15, 0.2) is 0 Å². The Hall–Kier alpha value is -0.160. The van der Waals surface area contributed by atoms with E-state index in [0.29, 0.717) is 12.2 Å². The zero-order valence-corrected chi connectivity index (χ0v) is 14.0. The van der Waals surface area contributed by atoms with Crippen molar-refractivity contribution >= 4 is 0 Å². The van der Waals surface area contributed by atoms with Gasteiger partial charge < -0.3 is 19.9 Å². The van der Waals surface area contributed by atoms with Crippen LogP contribution in [0.25, 0.3) is 0 Å². The van der Waals surface area contributed by atoms with Gasteiger partial charge >= 0.3 is 0 Å². The second-order valence-electron chi connectivity index (χ2n) is 5.79. The summed E-state index contributed by atoms with van der Waals surface area (Å²) in [6.45, 7) is 14.7. The van der Waals surface area contributed by atoms with Crippen molar-refractivity contribution in [2.45, 2.75) is 52.2 Å². The Kier molecular flexibility index (Phi) is 9.44. The van der Waals surface area contributed by atoms with Gasteiger partial charge in [-0.15, -0.1) is 0 Å². The Balaban J connectivity index is 2.19. The van der Waals surface area contributed by atoms with Crippen molar-refractivity contribution in [1.29, 1.82) is 0 Å². The van der Waals surface area contributed by atoms with E-state index in [4.69, 9.17) is 4.74 Å². The van der Waals surface area contributed by atoms with E-state index in [1.165, 1.54) is 45.4 Å². The van der Waals surface area contributed by atoms with Crippen LogP contribution in [-0.2, 0) is 4.74 Å². The Morgan fingerprint density at radius 1 is 0.950 bits per heavy atom. The molecule has 1 aliphatic heterocycles. The Bertz CT molecular complexity index is 234. The third-order valence-electron chi connectivity index (χ3n) is 4.38. The molecule has 1 N–H and O–H groups in total. The van der Waals surface area contributed by atoms with Crippen LogP contribution in [0.1, 0.15) is 40.0 Å². The molecule has 2 unspecified atom stereocenters. The van der Waals surface area contributed by atoms with E-state index < -0.39 is 0 Å². The first-order chi connectivity index (χ1) is 9.73. The lowest BCUT2D eigenvalue weighted by atomic mass is 10.2. The van der Waals surface area contributed by atoms with Crippen molar-refractivity contribution in [3.05, 3.63) is 0 Å². The fourth-order valence-corrected chi connectivity index (χ4v) is 3.02. The standard InChI is InChI=1S/C16H35N3O/c1-5-18(6-2)11-8-12-19(7-3)14-16-10-9-15(20-16)13-17-4/h15-17H,5-14H2,1-4H3. The topological polar surface area (TPSA) is 27.7 Å². The number of ether oxygens (including phenoxy) is 1. The normalized spacial score (nSPS) is 23.1. The van der Waals surface area contributed by atoms with E-state index in [0.717, 1.165) is 19.6 Å². The average Bonchev–Trinajstić information content (AvgIpc) is 2.90. The SMILES string of the molecule is CCN(CC)CCCN(CC)CC1CCC(CNC)O1. The van der Waals surface area contributed by atoms with Crippen LogP contribution in [0.3, 0.4) is 0 Å². The van der Waals surface area contributed by atoms with Gasteiger partial charge in [0.25, 0.3) is 0 Å². The van der Waals surface area contributed by atoms with Gasteiger partial charge in [0.1, 0.15) is 0 Å². The van der Waals surface area contributed by atoms with Gasteiger partial charge in [-0.05, 0) is 59.0 Å². The van der Waals surface area contributed by atoms with Crippen LogP contribution >= 0.6 is 0 Å². The predicted molar refractivity (Wildman–Crippen MR) is 86.3 cm³/mol. The second kappa shape index (κ2) is 10.6. The first-order valence-corrected chi connectivity index (χ1v) is 8.48. The minimum atomic E-state index is 0.430. The maximum Gasteiger partial charge on any atom is 0.0707 e. The molecule has 20 heavy (non-hydrogen) atoms. The Labute approximate surface area is 125 Å². The fourth-order valence-electron chi connectivity index (χ4n) is 3.02. The molecule has 1 aliphatic rings. The molecule has 0 aromatic rings. The maximum absolute atomic E-state index is 6.09. The van der Waals surface area contributed by atoms with Crippen molar-refractivity contribution in [2.24, 2.45) is 0 Å². The van der Waals surface area contributed by atoms with Gasteiger partial charge in [0.05, 0.1) is 12.2 Å². The molecule has 1 heterocycles. The number of hydrogen-bond donors (Lipinski definition) is 1. The largest absolute Gasteiger partial charge is 0.372 e. The molecule has 120 valence electrons. The highest BCUT2D eigenvalue weighted by atomic mass is 16.5. The van der Waals surface area contributed by atoms with E-state index in [1.807, 2.05) is 7.05 Å². The maximum atomic E-state index is 6.09. The number of hydrogen-bond acceptors (Lipinski definition) is 4. The summed E-state index contributed by atoms with van der Waals surface area (Å²) in [5, 5.41) is 3.21. The molecule has 1 saturated heterocycles. The number of nitrogens with zero attached hydrogens (tertiary/aromatic N) is 2. The molecular weight excluding hydrogens is 250 g/mol. The first kappa shape index (κ1) is 17.9. The predicted octanol–water partition coefficient (Wildman–Crippen LogP) is 1.81. The molecule has 0 aromatic heterocycles. The number of nitrogens with one attached hydrogen (secondary N) is 1. The highest BCUT2D eigenvalue weighted by Crippen LogP contribution is 2.20. The lowest BCUT2D eigenvalue weighted by Crippen LogP contribution is -2.35. The lowest BCUT2D eigenvalue weighted by molar-refractivity contribution is 0.0245. The average molecular weight is 285 g/mol. The molecule has 0 bridgehead atoms. The van der Waals surface area contributed by atoms with Crippen molar-refractivity contribution < 1.29 is 4.74 Å². The van der Waals surface area contributed by atoms with Crippen LogP contribution < -0.4 is 5.32 Å². The molecule has 4 heteroatoms. The van der Waals surface area contributed by atoms with Crippen molar-refractivity contribution in [2.75, 3.05) is 52.9 Å². The zero-order chi connectivity index (χ0) is 14.8. The number of likely N-dealkylation sites (N-methyl/N-ethyl adjacent to an activating group) is 2. The minimum Gasteiger partial charge on any atom is -0.372 e. The molecule has 0 spiro atoms. The summed E-state index contributed by atoms with van der Waals surface area (Å²) in [4.78, 5) is 5.05. The van der Waals surface area contributed by atoms with Gasteiger partial charge in [0.2, 0.25) is 0 Å². The van der Waals surface area contributed by atoms with Crippen LogP contribution in [0.2, 0.25) is 0 Å². The quantitative estimate of drug-likeness (QED) is 0.626. The van der Waals surface area contributed by atoms with Crippen molar-refractivity contribution in [3.63, 3.8) is 0 Å². The van der Waals surface area contributed by atoms with E-state index in [1.54, 1.807) is 0 Å². The van der Waals surface area contributed by atoms with E-state index in [-0.39, 0.29) is 0 Å². The van der Waals surface area contributed by atoms with Gasteiger partial charge in [-0.25, -0.2) is 0 Å². The third kappa shape index (κ3) is 6.53. The summed E-state index contributed by atoms with van der Waals surface area (Å²) >= 11 is 0. The van der Waals surface area contributed by atoms with Gasteiger partial charge in [0, 0.05) is 13.1 Å². The van der Waals surface area contributed by atoms with E-state index in [2.05, 4.69) is 35.9 Å². The summed E-state index contributed by atoms with van der Waals surface area (Å²) < 4.78 is 6.09. The van der Waals surface area contributed by atoms with E-state index >= 15 is 0 Å². The summed E-state index contributed by atoms with van der Waals surface area (Å²) in [7, 11) is 2.00. The van der Waals surface area contributed by atoms with Crippen molar-refractivity contribution in [1.82, 2.24) is 15.1 Å². The molecule has 0 radical (unpaired) electrons. The van der Waals surface area contributed by atoms with Crippen LogP contribution in [0.4, 0.5) is 0 Å². The smallest absolute Gasteiger partial charge is 0.0707 e. The lowest BCUT2D eigenvalue weighted by Gasteiger charge is -2.26. The summed E-state index contributed by atoms with van der Waals surface area (Å²) in [6, 6.07) is 0. The Morgan fingerprint density at radius 3 is 2.15 bits per heavy atom. The summed E-state index contributed by atoms with van der Waals surface area (Å²) in [5.41, 5.74) is 0. The van der Waals surface area contributed by atoms with Crippen LogP contribution in [0, 0.1) is 0 Å². The molecule has 0 saturated carbocycles. The van der Waals surface area contributed by atoms with Gasteiger partial charge in [-0.3, -0.25) is 0 Å².